The zero-order valence-electron chi connectivity index (χ0n) is 12.8. The summed E-state index contributed by atoms with van der Waals surface area (Å²) in [5.74, 6) is 0.580. The molecule has 7 heteroatoms. The monoisotopic (exact) mass is 309 g/mol. The minimum Gasteiger partial charge on any atom is -0.479 e. The smallest absolute Gasteiger partial charge is 0.270 e. The Labute approximate surface area is 128 Å². The first-order chi connectivity index (χ1) is 10.5. The summed E-state index contributed by atoms with van der Waals surface area (Å²) < 4.78 is 23.1. The topological polar surface area (TPSA) is 83.4 Å². The van der Waals surface area contributed by atoms with Gasteiger partial charge in [0.25, 0.3) is 5.69 Å². The molecule has 0 N–H and O–H groups in total. The molecular weight excluding hydrogens is 290 g/mol. The quantitative estimate of drug-likeness (QED) is 0.347. The average Bonchev–Trinajstić information content (AvgIpc) is 3.28. The number of ether oxygens (including phenoxy) is 4. The fourth-order valence-electron chi connectivity index (χ4n) is 2.91. The minimum absolute atomic E-state index is 0.0337. The van der Waals surface area contributed by atoms with Crippen LogP contribution in [0.1, 0.15) is 32.4 Å². The van der Waals surface area contributed by atoms with Gasteiger partial charge in [-0.1, -0.05) is 0 Å². The maximum atomic E-state index is 10.9. The van der Waals surface area contributed by atoms with E-state index in [0.29, 0.717) is 24.5 Å². The molecule has 3 rings (SSSR count). The van der Waals surface area contributed by atoms with Crippen LogP contribution in [0.25, 0.3) is 0 Å². The van der Waals surface area contributed by atoms with Gasteiger partial charge in [-0.05, 0) is 26.8 Å². The van der Waals surface area contributed by atoms with Crippen LogP contribution < -0.4 is 4.74 Å². The molecule has 0 bridgehead atoms. The molecule has 0 spiro atoms. The first-order valence-electron chi connectivity index (χ1n) is 7.37. The summed E-state index contributed by atoms with van der Waals surface area (Å²) in [5.41, 5.74) is -0.0328. The number of nitro benzene ring substituents is 1. The molecule has 0 amide bonds. The summed E-state index contributed by atoms with van der Waals surface area (Å²) in [4.78, 5) is 10.5. The number of hydrogen-bond donors (Lipinski definition) is 0. The average molecular weight is 309 g/mol. The van der Waals surface area contributed by atoms with Crippen molar-refractivity contribution in [3.05, 3.63) is 33.9 Å². The summed E-state index contributed by atoms with van der Waals surface area (Å²) in [6, 6.07) is 4.55. The van der Waals surface area contributed by atoms with Crippen LogP contribution in [0.2, 0.25) is 0 Å². The molecule has 2 heterocycles. The Morgan fingerprint density at radius 2 is 2.05 bits per heavy atom. The van der Waals surface area contributed by atoms with Crippen LogP contribution >= 0.6 is 0 Å². The van der Waals surface area contributed by atoms with E-state index in [4.69, 9.17) is 18.9 Å². The number of nitrogens with zero attached hydrogens (tertiary/aromatic N) is 1. The van der Waals surface area contributed by atoms with E-state index >= 15 is 0 Å². The predicted octanol–water partition coefficient (Wildman–Crippen LogP) is 2.58. The van der Waals surface area contributed by atoms with Crippen molar-refractivity contribution in [2.45, 2.75) is 44.9 Å². The van der Waals surface area contributed by atoms with E-state index in [2.05, 4.69) is 0 Å². The molecule has 120 valence electrons. The van der Waals surface area contributed by atoms with E-state index in [1.54, 1.807) is 6.07 Å². The van der Waals surface area contributed by atoms with Crippen molar-refractivity contribution in [1.29, 1.82) is 0 Å². The van der Waals surface area contributed by atoms with Crippen LogP contribution in [-0.4, -0.2) is 36.1 Å². The Balaban J connectivity index is 1.92. The van der Waals surface area contributed by atoms with Gasteiger partial charge in [-0.15, -0.1) is 0 Å². The molecule has 1 saturated heterocycles. The number of rotatable bonds is 6. The largest absolute Gasteiger partial charge is 0.479 e. The second-order valence-electron chi connectivity index (χ2n) is 5.49. The third-order valence-corrected chi connectivity index (χ3v) is 4.00. The van der Waals surface area contributed by atoms with Crippen LogP contribution in [0.15, 0.2) is 18.2 Å². The van der Waals surface area contributed by atoms with Crippen molar-refractivity contribution in [2.75, 3.05) is 13.2 Å². The Morgan fingerprint density at radius 1 is 1.36 bits per heavy atom. The molecule has 0 saturated carbocycles. The lowest BCUT2D eigenvalue weighted by Crippen LogP contribution is -2.54. The zero-order chi connectivity index (χ0) is 15.9. The van der Waals surface area contributed by atoms with Gasteiger partial charge in [0, 0.05) is 30.9 Å². The SMILES string of the molecule is CCOC(OCC)[C@@]1(C)Oc2ccc([N+](=O)[O-])cc2[C@H]2O[C@H]21. The Bertz CT molecular complexity index is 585. The van der Waals surface area contributed by atoms with Gasteiger partial charge in [-0.25, -0.2) is 0 Å². The van der Waals surface area contributed by atoms with Gasteiger partial charge in [0.05, 0.1) is 4.92 Å². The molecule has 0 radical (unpaired) electrons. The van der Waals surface area contributed by atoms with Crippen molar-refractivity contribution in [3.63, 3.8) is 0 Å². The highest BCUT2D eigenvalue weighted by Gasteiger charge is 2.63. The van der Waals surface area contributed by atoms with E-state index < -0.39 is 16.8 Å². The van der Waals surface area contributed by atoms with E-state index in [-0.39, 0.29) is 17.9 Å². The lowest BCUT2D eigenvalue weighted by Gasteiger charge is -2.38. The van der Waals surface area contributed by atoms with E-state index in [1.165, 1.54) is 12.1 Å². The number of epoxide rings is 1. The first kappa shape index (κ1) is 15.2. The van der Waals surface area contributed by atoms with Gasteiger partial charge in [-0.2, -0.15) is 0 Å². The van der Waals surface area contributed by atoms with E-state index in [0.717, 1.165) is 0 Å². The second kappa shape index (κ2) is 5.49. The highest BCUT2D eigenvalue weighted by Crippen LogP contribution is 2.55. The molecule has 1 aromatic carbocycles. The normalized spacial score (nSPS) is 28.7. The van der Waals surface area contributed by atoms with Crippen molar-refractivity contribution in [2.24, 2.45) is 0 Å². The molecule has 2 aliphatic rings. The van der Waals surface area contributed by atoms with Crippen molar-refractivity contribution < 1.29 is 23.9 Å². The molecule has 22 heavy (non-hydrogen) atoms. The number of non-ortho nitro benzene ring substituents is 1. The highest BCUT2D eigenvalue weighted by molar-refractivity contribution is 5.49. The van der Waals surface area contributed by atoms with Gasteiger partial charge < -0.3 is 18.9 Å². The van der Waals surface area contributed by atoms with Crippen LogP contribution in [-0.2, 0) is 14.2 Å². The predicted molar refractivity (Wildman–Crippen MR) is 76.8 cm³/mol. The molecule has 7 nitrogen and oxygen atoms in total. The van der Waals surface area contributed by atoms with Crippen LogP contribution in [0.3, 0.4) is 0 Å². The fourth-order valence-corrected chi connectivity index (χ4v) is 2.91. The molecule has 0 aliphatic carbocycles. The standard InChI is InChI=1S/C15H19NO6/c1-4-19-14(20-5-2)15(3)13-12(21-13)10-8-9(16(17)18)6-7-11(10)22-15/h6-8,12-14H,4-5H2,1-3H3/t12-,13-,15+/m1/s1. The maximum Gasteiger partial charge on any atom is 0.270 e. The Morgan fingerprint density at radius 3 is 2.64 bits per heavy atom. The number of nitro groups is 1. The van der Waals surface area contributed by atoms with Crippen molar-refractivity contribution in [1.82, 2.24) is 0 Å². The van der Waals surface area contributed by atoms with Crippen LogP contribution in [0, 0.1) is 10.1 Å². The third-order valence-electron chi connectivity index (χ3n) is 4.00. The van der Waals surface area contributed by atoms with Crippen molar-refractivity contribution >= 4 is 5.69 Å². The lowest BCUT2D eigenvalue weighted by molar-refractivity contribution is -0.385. The molecule has 2 aliphatic heterocycles. The maximum absolute atomic E-state index is 10.9. The summed E-state index contributed by atoms with van der Waals surface area (Å²) >= 11 is 0. The molecular formula is C15H19NO6. The van der Waals surface area contributed by atoms with Crippen molar-refractivity contribution in [3.8, 4) is 5.75 Å². The fraction of sp³-hybridized carbons (Fsp3) is 0.600. The van der Waals surface area contributed by atoms with E-state index in [1.807, 2.05) is 20.8 Å². The third kappa shape index (κ3) is 2.35. The molecule has 1 aromatic rings. The van der Waals surface area contributed by atoms with Gasteiger partial charge in [0.1, 0.15) is 18.0 Å². The van der Waals surface area contributed by atoms with E-state index in [9.17, 15) is 10.1 Å². The molecule has 0 aromatic heterocycles. The highest BCUT2D eigenvalue weighted by atomic mass is 16.7. The summed E-state index contributed by atoms with van der Waals surface area (Å²) in [6.07, 6.45) is -0.997. The lowest BCUT2D eigenvalue weighted by atomic mass is 9.91. The number of hydrogen-bond acceptors (Lipinski definition) is 6. The van der Waals surface area contributed by atoms with Gasteiger partial charge in [-0.3, -0.25) is 10.1 Å². The molecule has 0 unspecified atom stereocenters. The Kier molecular flexibility index (Phi) is 3.80. The zero-order valence-corrected chi connectivity index (χ0v) is 12.8. The van der Waals surface area contributed by atoms with Gasteiger partial charge in [0.15, 0.2) is 11.9 Å². The number of benzene rings is 1. The number of fused-ring (bicyclic) bond motifs is 3. The molecule has 3 atom stereocenters. The van der Waals surface area contributed by atoms with Gasteiger partial charge >= 0.3 is 0 Å². The summed E-state index contributed by atoms with van der Waals surface area (Å²) in [6.45, 7) is 6.65. The molecule has 1 fully saturated rings. The summed E-state index contributed by atoms with van der Waals surface area (Å²) in [7, 11) is 0. The Hall–Kier alpha value is -1.70. The second-order valence-corrected chi connectivity index (χ2v) is 5.49. The van der Waals surface area contributed by atoms with Crippen LogP contribution in [0.5, 0.6) is 5.75 Å². The summed E-state index contributed by atoms with van der Waals surface area (Å²) in [5, 5.41) is 10.9. The first-order valence-corrected chi connectivity index (χ1v) is 7.37. The van der Waals surface area contributed by atoms with Crippen LogP contribution in [0.4, 0.5) is 5.69 Å². The minimum atomic E-state index is -0.778. The van der Waals surface area contributed by atoms with Gasteiger partial charge in [0.2, 0.25) is 0 Å².